The van der Waals surface area contributed by atoms with E-state index in [0.29, 0.717) is 22.4 Å². The van der Waals surface area contributed by atoms with E-state index in [9.17, 15) is 9.59 Å². The maximum atomic E-state index is 11.3. The second-order valence-electron chi connectivity index (χ2n) is 8.27. The molecule has 0 radical (unpaired) electrons. The summed E-state index contributed by atoms with van der Waals surface area (Å²) in [4.78, 5) is 27.6. The summed E-state index contributed by atoms with van der Waals surface area (Å²) >= 11 is 7.62. The molecule has 1 saturated carbocycles. The predicted molar refractivity (Wildman–Crippen MR) is 140 cm³/mol. The summed E-state index contributed by atoms with van der Waals surface area (Å²) in [6.45, 7) is 11.9. The molecule has 176 valence electrons. The summed E-state index contributed by atoms with van der Waals surface area (Å²) in [6.07, 6.45) is 10.1. The van der Waals surface area contributed by atoms with Crippen LogP contribution in [0.4, 0.5) is 0 Å². The van der Waals surface area contributed by atoms with E-state index in [4.69, 9.17) is 9.47 Å². The lowest BCUT2D eigenvalue weighted by atomic mass is 9.80. The van der Waals surface area contributed by atoms with E-state index >= 15 is 0 Å². The molecule has 0 bridgehead atoms. The van der Waals surface area contributed by atoms with Gasteiger partial charge in [-0.15, -0.1) is 47.0 Å². The Balaban J connectivity index is 1.34. The monoisotopic (exact) mass is 512 g/mol. The van der Waals surface area contributed by atoms with Crippen molar-refractivity contribution in [1.29, 1.82) is 0 Å². The fourth-order valence-electron chi connectivity index (χ4n) is 4.16. The van der Waals surface area contributed by atoms with Crippen LogP contribution in [-0.4, -0.2) is 34.3 Å². The molecule has 0 saturated heterocycles. The van der Waals surface area contributed by atoms with Crippen LogP contribution in [0.25, 0.3) is 0 Å². The quantitative estimate of drug-likeness (QED) is 0.227. The Morgan fingerprint density at radius 2 is 1.16 bits per heavy atom. The van der Waals surface area contributed by atoms with Crippen molar-refractivity contribution in [3.05, 3.63) is 44.9 Å². The van der Waals surface area contributed by atoms with E-state index in [2.05, 4.69) is 27.0 Å². The zero-order valence-corrected chi connectivity index (χ0v) is 22.1. The smallest absolute Gasteiger partial charge is 0.330 e. The average Bonchev–Trinajstić information content (AvgIpc) is 3.32. The van der Waals surface area contributed by atoms with Crippen LogP contribution in [0.3, 0.4) is 0 Å². The van der Waals surface area contributed by atoms with Crippen LogP contribution in [0.5, 0.6) is 0 Å². The molecule has 0 aromatic rings. The Morgan fingerprint density at radius 3 is 1.50 bits per heavy atom. The first kappa shape index (κ1) is 25.9. The van der Waals surface area contributed by atoms with E-state index in [0.717, 1.165) is 11.8 Å². The van der Waals surface area contributed by atoms with Crippen molar-refractivity contribution in [2.75, 3.05) is 13.2 Å². The van der Waals surface area contributed by atoms with Gasteiger partial charge in [0.05, 0.1) is 9.16 Å². The van der Waals surface area contributed by atoms with Crippen molar-refractivity contribution < 1.29 is 19.1 Å². The van der Waals surface area contributed by atoms with E-state index in [1.165, 1.54) is 70.3 Å². The minimum absolute atomic E-state index is 0.355. The van der Waals surface area contributed by atoms with Crippen LogP contribution >= 0.6 is 47.0 Å². The Morgan fingerprint density at radius 1 is 0.781 bits per heavy atom. The third-order valence-electron chi connectivity index (χ3n) is 5.99. The van der Waals surface area contributed by atoms with Gasteiger partial charge in [0, 0.05) is 22.0 Å². The molecule has 0 spiro atoms. The van der Waals surface area contributed by atoms with Gasteiger partial charge < -0.3 is 9.47 Å². The van der Waals surface area contributed by atoms with Gasteiger partial charge in [-0.25, -0.2) is 9.59 Å². The molecule has 0 amide bonds. The van der Waals surface area contributed by atoms with Crippen molar-refractivity contribution in [2.24, 2.45) is 11.8 Å². The third-order valence-corrected chi connectivity index (χ3v) is 11.8. The number of esters is 2. The minimum atomic E-state index is -0.355. The number of thioether (sulfide) groups is 4. The van der Waals surface area contributed by atoms with Crippen LogP contribution in [-0.2, 0) is 19.1 Å². The normalized spacial score (nSPS) is 28.1. The van der Waals surface area contributed by atoms with Gasteiger partial charge in [-0.1, -0.05) is 38.8 Å². The number of rotatable bonds is 10. The lowest BCUT2D eigenvalue weighted by molar-refractivity contribution is -0.137. The standard InChI is InChI=1S/C24H32O4S4/c1-5-21(25)27-13-19-15(3)29-23(31-19)11-17-7-9-18(10-8-17)12-24-30-16(4)20(32-24)14-28-22(26)6-2/h5-6,17-18,23-24H,1-2,7-14H2,3-4H3. The summed E-state index contributed by atoms with van der Waals surface area (Å²) < 4.78 is 11.5. The molecule has 0 aromatic heterocycles. The van der Waals surface area contributed by atoms with Gasteiger partial charge in [-0.2, -0.15) is 0 Å². The second-order valence-corrected chi connectivity index (χ2v) is 14.3. The molecule has 4 nitrogen and oxygen atoms in total. The first-order valence-corrected chi connectivity index (χ1v) is 14.5. The van der Waals surface area contributed by atoms with Crippen LogP contribution in [0.15, 0.2) is 44.9 Å². The van der Waals surface area contributed by atoms with E-state index < -0.39 is 0 Å². The summed E-state index contributed by atoms with van der Waals surface area (Å²) in [7, 11) is 0. The third kappa shape index (κ3) is 7.67. The lowest BCUT2D eigenvalue weighted by Gasteiger charge is -2.31. The second kappa shape index (κ2) is 12.7. The molecule has 2 unspecified atom stereocenters. The van der Waals surface area contributed by atoms with E-state index in [1.807, 2.05) is 47.0 Å². The number of carbonyl (C=O) groups is 2. The highest BCUT2D eigenvalue weighted by molar-refractivity contribution is 8.23. The summed E-state index contributed by atoms with van der Waals surface area (Å²) in [5.41, 5.74) is 0. The zero-order valence-electron chi connectivity index (χ0n) is 18.8. The Labute approximate surface area is 208 Å². The van der Waals surface area contributed by atoms with Crippen molar-refractivity contribution in [3.63, 3.8) is 0 Å². The maximum absolute atomic E-state index is 11.3. The predicted octanol–water partition coefficient (Wildman–Crippen LogP) is 7.11. The molecule has 3 rings (SSSR count). The highest BCUT2D eigenvalue weighted by Crippen LogP contribution is 2.52. The number of carbonyl (C=O) groups excluding carboxylic acids is 2. The molecule has 0 N–H and O–H groups in total. The Kier molecular flexibility index (Phi) is 10.3. The van der Waals surface area contributed by atoms with Crippen LogP contribution in [0.1, 0.15) is 52.4 Å². The van der Waals surface area contributed by atoms with Crippen LogP contribution in [0, 0.1) is 11.8 Å². The number of ether oxygens (including phenoxy) is 2. The fourth-order valence-corrected chi connectivity index (χ4v) is 10.5. The average molecular weight is 513 g/mol. The van der Waals surface area contributed by atoms with Crippen LogP contribution < -0.4 is 0 Å². The van der Waals surface area contributed by atoms with Gasteiger partial charge in [0.25, 0.3) is 0 Å². The molecule has 2 aliphatic heterocycles. The highest BCUT2D eigenvalue weighted by Gasteiger charge is 2.32. The molecule has 8 heteroatoms. The molecular formula is C24H32O4S4. The molecule has 1 fully saturated rings. The van der Waals surface area contributed by atoms with E-state index in [-0.39, 0.29) is 11.9 Å². The first-order chi connectivity index (χ1) is 15.4. The van der Waals surface area contributed by atoms with Gasteiger partial charge >= 0.3 is 11.9 Å². The molecule has 32 heavy (non-hydrogen) atoms. The van der Waals surface area contributed by atoms with Gasteiger partial charge in [0.2, 0.25) is 0 Å². The summed E-state index contributed by atoms with van der Waals surface area (Å²) in [5.74, 6) is 0.867. The van der Waals surface area contributed by atoms with Gasteiger partial charge in [-0.05, 0) is 48.3 Å². The van der Waals surface area contributed by atoms with Crippen molar-refractivity contribution in [2.45, 2.75) is 61.5 Å². The molecule has 1 aliphatic carbocycles. The number of hydrogen-bond donors (Lipinski definition) is 0. The molecular weight excluding hydrogens is 481 g/mol. The number of allylic oxidation sites excluding steroid dienone is 2. The summed E-state index contributed by atoms with van der Waals surface area (Å²) in [5, 5.41) is 0. The van der Waals surface area contributed by atoms with Crippen molar-refractivity contribution in [1.82, 2.24) is 0 Å². The van der Waals surface area contributed by atoms with Crippen LogP contribution in [0.2, 0.25) is 0 Å². The largest absolute Gasteiger partial charge is 0.457 e. The van der Waals surface area contributed by atoms with Gasteiger partial charge in [-0.3, -0.25) is 0 Å². The molecule has 3 aliphatic rings. The highest BCUT2D eigenvalue weighted by atomic mass is 32.2. The lowest BCUT2D eigenvalue weighted by Crippen LogP contribution is -2.19. The fraction of sp³-hybridized carbons (Fsp3) is 0.583. The summed E-state index contributed by atoms with van der Waals surface area (Å²) in [6, 6.07) is 0. The first-order valence-electron chi connectivity index (χ1n) is 11.0. The Bertz CT molecular complexity index is 730. The van der Waals surface area contributed by atoms with Crippen molar-refractivity contribution >= 4 is 59.0 Å². The zero-order chi connectivity index (χ0) is 23.1. The van der Waals surface area contributed by atoms with Crippen molar-refractivity contribution in [3.8, 4) is 0 Å². The van der Waals surface area contributed by atoms with Gasteiger partial charge in [0.15, 0.2) is 0 Å². The topological polar surface area (TPSA) is 52.6 Å². The molecule has 2 heterocycles. The molecule has 2 atom stereocenters. The molecule has 0 aromatic carbocycles. The SMILES string of the molecule is C=CC(=O)OCC1=C(C)SC(CC2CCC(CC3SC(C)=C(COC(=O)C=C)S3)CC2)S1. The maximum Gasteiger partial charge on any atom is 0.330 e. The Hall–Kier alpha value is -0.700. The number of hydrogen-bond acceptors (Lipinski definition) is 8. The van der Waals surface area contributed by atoms with Gasteiger partial charge in [0.1, 0.15) is 13.2 Å². The minimum Gasteiger partial charge on any atom is -0.457 e. The van der Waals surface area contributed by atoms with E-state index in [1.54, 1.807) is 0 Å².